The molecule has 1 aliphatic rings. The Labute approximate surface area is 356 Å². The molecule has 0 spiro atoms. The van der Waals surface area contributed by atoms with Crippen LogP contribution in [0, 0.1) is 0 Å². The summed E-state index contributed by atoms with van der Waals surface area (Å²) >= 11 is 0. The molecule has 1 heterocycles. The van der Waals surface area contributed by atoms with E-state index < -0.39 is 82.7 Å². The van der Waals surface area contributed by atoms with Crippen LogP contribution < -0.4 is 36.5 Å². The van der Waals surface area contributed by atoms with Crippen molar-refractivity contribution in [2.75, 3.05) is 6.54 Å². The van der Waals surface area contributed by atoms with Gasteiger partial charge in [0.05, 0.1) is 0 Å². The molecule has 3 atom stereocenters. The van der Waals surface area contributed by atoms with Gasteiger partial charge in [0, 0.05) is 19.4 Å². The number of hydrogen-bond donors (Lipinski definition) is 5. The van der Waals surface area contributed by atoms with Gasteiger partial charge in [-0.25, -0.2) is 19.2 Å². The van der Waals surface area contributed by atoms with Crippen molar-refractivity contribution in [2.45, 2.75) is 149 Å². The molecule has 61 heavy (non-hydrogen) atoms. The van der Waals surface area contributed by atoms with Gasteiger partial charge in [0.15, 0.2) is 0 Å². The van der Waals surface area contributed by atoms with Gasteiger partial charge in [-0.05, 0) is 142 Å². The van der Waals surface area contributed by atoms with Crippen LogP contribution in [0.1, 0.15) is 107 Å². The Morgan fingerprint density at radius 1 is 0.672 bits per heavy atom. The van der Waals surface area contributed by atoms with Crippen LogP contribution >= 0.6 is 0 Å². The average Bonchev–Trinajstić information content (AvgIpc) is 3.05. The van der Waals surface area contributed by atoms with Crippen molar-refractivity contribution >= 4 is 42.2 Å². The van der Waals surface area contributed by atoms with Gasteiger partial charge in [-0.15, -0.1) is 0 Å². The minimum absolute atomic E-state index is 0.0212. The summed E-state index contributed by atoms with van der Waals surface area (Å²) in [5, 5.41) is 10.5. The fraction of sp³-hybridized carbons (Fsp3) is 0.558. The first-order valence-electron chi connectivity index (χ1n) is 19.9. The molecule has 3 rings (SSSR count). The van der Waals surface area contributed by atoms with Gasteiger partial charge >= 0.3 is 24.5 Å². The van der Waals surface area contributed by atoms with E-state index in [1.165, 1.54) is 18.2 Å². The van der Waals surface area contributed by atoms with E-state index in [4.69, 9.17) is 34.2 Å². The molecule has 0 radical (unpaired) electrons. The number of benzene rings is 2. The van der Waals surface area contributed by atoms with E-state index in [2.05, 4.69) is 21.3 Å². The second-order valence-corrected chi connectivity index (χ2v) is 18.5. The third-order valence-electron chi connectivity index (χ3n) is 8.04. The van der Waals surface area contributed by atoms with Crippen LogP contribution in [0.25, 0.3) is 11.1 Å². The van der Waals surface area contributed by atoms with Crippen molar-refractivity contribution in [3.63, 3.8) is 0 Å². The normalized spacial score (nSPS) is 17.5. The van der Waals surface area contributed by atoms with E-state index in [0.717, 1.165) is 0 Å². The van der Waals surface area contributed by atoms with E-state index in [1.807, 2.05) is 0 Å². The lowest BCUT2D eigenvalue weighted by Crippen LogP contribution is -2.57. The molecular formula is C43H61N5O13. The Balaban J connectivity index is 2.23. The molecule has 2 unspecified atom stereocenters. The van der Waals surface area contributed by atoms with Gasteiger partial charge in [-0.2, -0.15) is 0 Å². The molecule has 0 saturated heterocycles. The van der Waals surface area contributed by atoms with Crippen molar-refractivity contribution in [1.29, 1.82) is 0 Å². The Bertz CT molecular complexity index is 1950. The van der Waals surface area contributed by atoms with Gasteiger partial charge in [0.25, 0.3) is 0 Å². The van der Waals surface area contributed by atoms with Crippen LogP contribution in [-0.4, -0.2) is 89.3 Å². The maximum atomic E-state index is 14.3. The third kappa shape index (κ3) is 18.0. The molecule has 1 aliphatic heterocycles. The molecule has 5 amide bonds. The highest BCUT2D eigenvalue weighted by Crippen LogP contribution is 2.33. The van der Waals surface area contributed by atoms with E-state index in [9.17, 15) is 33.6 Å². The lowest BCUT2D eigenvalue weighted by atomic mass is 9.95. The minimum Gasteiger partial charge on any atom is -0.444 e. The van der Waals surface area contributed by atoms with Crippen molar-refractivity contribution in [1.82, 2.24) is 21.3 Å². The second kappa shape index (κ2) is 20.0. The predicted octanol–water partition coefficient (Wildman–Crippen LogP) is 5.73. The fourth-order valence-electron chi connectivity index (χ4n) is 5.71. The number of primary amides is 1. The molecule has 0 fully saturated rings. The highest BCUT2D eigenvalue weighted by atomic mass is 16.7. The van der Waals surface area contributed by atoms with Gasteiger partial charge in [-0.1, -0.05) is 12.1 Å². The molecule has 0 aromatic heterocycles. The van der Waals surface area contributed by atoms with Gasteiger partial charge in [-0.3, -0.25) is 14.4 Å². The summed E-state index contributed by atoms with van der Waals surface area (Å²) in [5.74, 6) is -2.57. The van der Waals surface area contributed by atoms with Crippen LogP contribution in [0.3, 0.4) is 0 Å². The Morgan fingerprint density at radius 3 is 1.82 bits per heavy atom. The summed E-state index contributed by atoms with van der Waals surface area (Å²) in [4.78, 5) is 92.6. The number of amides is 5. The number of hydrogen-bond acceptors (Lipinski definition) is 13. The molecular weight excluding hydrogens is 794 g/mol. The van der Waals surface area contributed by atoms with E-state index in [-0.39, 0.29) is 49.3 Å². The Morgan fingerprint density at radius 2 is 1.25 bits per heavy atom. The first kappa shape index (κ1) is 49.3. The van der Waals surface area contributed by atoms with Crippen LogP contribution in [-0.2, 0) is 46.2 Å². The number of rotatable bonds is 8. The number of alkyl carbamates (subject to hydrolysis) is 2. The number of carbonyl (C=O) groups is 7. The summed E-state index contributed by atoms with van der Waals surface area (Å²) < 4.78 is 32.7. The molecule has 2 aromatic carbocycles. The Kier molecular flexibility index (Phi) is 16.2. The van der Waals surface area contributed by atoms with Gasteiger partial charge in [0.2, 0.25) is 17.7 Å². The van der Waals surface area contributed by atoms with Crippen LogP contribution in [0.4, 0.5) is 19.2 Å². The number of ether oxygens (including phenoxy) is 6. The van der Waals surface area contributed by atoms with Gasteiger partial charge in [0.1, 0.15) is 52.0 Å². The molecule has 2 aromatic rings. The van der Waals surface area contributed by atoms with Crippen molar-refractivity contribution < 1.29 is 62.0 Å². The zero-order valence-electron chi connectivity index (χ0n) is 37.1. The maximum absolute atomic E-state index is 14.3. The number of nitrogens with one attached hydrogen (secondary N) is 4. The topological polar surface area (TPSA) is 249 Å². The monoisotopic (exact) mass is 855 g/mol. The smallest absolute Gasteiger partial charge is 0.444 e. The zero-order chi connectivity index (χ0) is 46.1. The highest BCUT2D eigenvalue weighted by Gasteiger charge is 2.32. The molecule has 18 heteroatoms. The summed E-state index contributed by atoms with van der Waals surface area (Å²) in [7, 11) is 0. The number of carbonyl (C=O) groups excluding carboxylic acids is 7. The van der Waals surface area contributed by atoms with Gasteiger partial charge < -0.3 is 55.4 Å². The maximum Gasteiger partial charge on any atom is 0.514 e. The SMILES string of the molecule is CC(C)(C)OC(=O)NCCC[C@@H]1NC(=O)C(NC(=O)OC(C)(C)C)Cc2cc(ccc2OC(=O)OC(C)(C)C)-c2cc(cc(OC(=O)OC(C)(C)C)c2)CC(C(N)=O)NC1=O. The molecule has 4 bridgehead atoms. The molecule has 6 N–H and O–H groups in total. The molecule has 336 valence electrons. The van der Waals surface area contributed by atoms with Crippen molar-refractivity contribution in [2.24, 2.45) is 5.73 Å². The van der Waals surface area contributed by atoms with Crippen LogP contribution in [0.2, 0.25) is 0 Å². The van der Waals surface area contributed by atoms with E-state index in [0.29, 0.717) is 16.7 Å². The minimum atomic E-state index is -1.46. The molecule has 0 aliphatic carbocycles. The quantitative estimate of drug-likeness (QED) is 0.0922. The van der Waals surface area contributed by atoms with E-state index in [1.54, 1.807) is 101 Å². The van der Waals surface area contributed by atoms with Crippen LogP contribution in [0.15, 0.2) is 36.4 Å². The second-order valence-electron chi connectivity index (χ2n) is 18.5. The molecule has 18 nitrogen and oxygen atoms in total. The predicted molar refractivity (Wildman–Crippen MR) is 223 cm³/mol. The zero-order valence-corrected chi connectivity index (χ0v) is 37.1. The largest absolute Gasteiger partial charge is 0.514 e. The fourth-order valence-corrected chi connectivity index (χ4v) is 5.71. The average molecular weight is 856 g/mol. The lowest BCUT2D eigenvalue weighted by molar-refractivity contribution is -0.132. The summed E-state index contributed by atoms with van der Waals surface area (Å²) in [6, 6.07) is 5.21. The molecule has 0 saturated carbocycles. The highest BCUT2D eigenvalue weighted by molar-refractivity contribution is 5.94. The number of fused-ring (bicyclic) bond motifs is 5. The van der Waals surface area contributed by atoms with Crippen molar-refractivity contribution in [3.05, 3.63) is 47.5 Å². The standard InChI is InChI=1S/C43H61N5O13/c1-40(2,3)58-36(52)45-17-13-14-29-34(50)47-30(33(44)49)20-24-18-26(22-28(19-24)56-38(54)60-42(7,8)9)25-15-16-32(57-39(55)61-43(10,11)12)27(21-25)23-31(35(51)46-29)48-37(53)59-41(4,5)6/h15-16,18-19,21-22,29-31H,13-14,17,20,23H2,1-12H3,(H2,44,49)(H,45,52)(H,46,51)(H,47,50)(H,48,53)/t29-,30?,31?/m0/s1. The number of nitrogens with two attached hydrogens (primary N) is 1. The van der Waals surface area contributed by atoms with Crippen molar-refractivity contribution in [3.8, 4) is 22.6 Å². The third-order valence-corrected chi connectivity index (χ3v) is 8.04. The summed E-state index contributed by atoms with van der Waals surface area (Å²) in [6.45, 7) is 20.0. The summed E-state index contributed by atoms with van der Waals surface area (Å²) in [5.41, 5.74) is 3.80. The van der Waals surface area contributed by atoms with E-state index >= 15 is 0 Å². The summed E-state index contributed by atoms with van der Waals surface area (Å²) in [6.07, 6.45) is -4.14. The van der Waals surface area contributed by atoms with Crippen LogP contribution in [0.5, 0.6) is 11.5 Å². The Hall–Kier alpha value is -6.07. The first-order valence-corrected chi connectivity index (χ1v) is 19.9. The lowest BCUT2D eigenvalue weighted by Gasteiger charge is -2.26. The first-order chi connectivity index (χ1) is 27.9.